The number of nitrogens with zero attached hydrogens (tertiary/aromatic N) is 1. The number of ether oxygens (including phenoxy) is 3. The van der Waals surface area contributed by atoms with Crippen LogP contribution < -0.4 is 14.8 Å². The van der Waals surface area contributed by atoms with Crippen molar-refractivity contribution >= 4 is 21.6 Å². The summed E-state index contributed by atoms with van der Waals surface area (Å²) in [5.74, 6) is 0.574. The molecule has 168 valence electrons. The van der Waals surface area contributed by atoms with Crippen LogP contribution in [0.15, 0.2) is 47.4 Å². The van der Waals surface area contributed by atoms with Crippen molar-refractivity contribution in [3.8, 4) is 11.5 Å². The van der Waals surface area contributed by atoms with Crippen molar-refractivity contribution in [2.24, 2.45) is 0 Å². The highest BCUT2D eigenvalue weighted by Gasteiger charge is 2.29. The van der Waals surface area contributed by atoms with Crippen LogP contribution in [0.4, 0.5) is 5.69 Å². The van der Waals surface area contributed by atoms with Crippen molar-refractivity contribution in [3.63, 3.8) is 0 Å². The van der Waals surface area contributed by atoms with E-state index in [1.807, 2.05) is 19.1 Å². The van der Waals surface area contributed by atoms with Crippen molar-refractivity contribution in [1.82, 2.24) is 4.31 Å². The Kier molecular flexibility index (Phi) is 7.89. The van der Waals surface area contributed by atoms with Crippen LogP contribution in [0.3, 0.4) is 0 Å². The SMILES string of the molecule is CCCOc1ccccc1NC(=O)Cc1ccc(OC)c(S(=O)(=O)N2CCOCC2)c1. The first kappa shape index (κ1) is 23.1. The molecule has 2 aromatic rings. The highest BCUT2D eigenvalue weighted by molar-refractivity contribution is 7.89. The third kappa shape index (κ3) is 5.75. The summed E-state index contributed by atoms with van der Waals surface area (Å²) in [7, 11) is -2.34. The highest BCUT2D eigenvalue weighted by atomic mass is 32.2. The van der Waals surface area contributed by atoms with E-state index in [2.05, 4.69) is 5.32 Å². The van der Waals surface area contributed by atoms with Crippen molar-refractivity contribution in [2.75, 3.05) is 45.3 Å². The summed E-state index contributed by atoms with van der Waals surface area (Å²) in [5, 5.41) is 2.85. The number of carbonyl (C=O) groups is 1. The first-order valence-electron chi connectivity index (χ1n) is 10.2. The van der Waals surface area contributed by atoms with Crippen molar-refractivity contribution in [1.29, 1.82) is 0 Å². The number of nitrogens with one attached hydrogen (secondary N) is 1. The third-order valence-electron chi connectivity index (χ3n) is 4.80. The van der Waals surface area contributed by atoms with E-state index in [4.69, 9.17) is 14.2 Å². The number of sulfonamides is 1. The molecule has 1 heterocycles. The molecule has 0 atom stereocenters. The van der Waals surface area contributed by atoms with Gasteiger partial charge in [-0.2, -0.15) is 4.31 Å². The second kappa shape index (κ2) is 10.6. The largest absolute Gasteiger partial charge is 0.495 e. The fraction of sp³-hybridized carbons (Fsp3) is 0.409. The maximum absolute atomic E-state index is 13.1. The molecule has 0 radical (unpaired) electrons. The van der Waals surface area contributed by atoms with E-state index in [0.29, 0.717) is 36.8 Å². The molecule has 0 aromatic heterocycles. The van der Waals surface area contributed by atoms with Gasteiger partial charge in [0.15, 0.2) is 0 Å². The van der Waals surface area contributed by atoms with Crippen molar-refractivity contribution in [2.45, 2.75) is 24.7 Å². The zero-order valence-corrected chi connectivity index (χ0v) is 18.6. The van der Waals surface area contributed by atoms with Gasteiger partial charge >= 0.3 is 0 Å². The minimum Gasteiger partial charge on any atom is -0.495 e. The van der Waals surface area contributed by atoms with Crippen LogP contribution in [0.25, 0.3) is 0 Å². The average molecular weight is 449 g/mol. The molecule has 0 spiro atoms. The molecule has 9 heteroatoms. The van der Waals surface area contributed by atoms with Crippen LogP contribution >= 0.6 is 0 Å². The Bertz CT molecular complexity index is 1000. The van der Waals surface area contributed by atoms with E-state index in [1.54, 1.807) is 24.3 Å². The van der Waals surface area contributed by atoms with Gasteiger partial charge in [-0.3, -0.25) is 4.79 Å². The number of methoxy groups -OCH3 is 1. The van der Waals surface area contributed by atoms with Gasteiger partial charge in [0.25, 0.3) is 0 Å². The molecule has 31 heavy (non-hydrogen) atoms. The van der Waals surface area contributed by atoms with E-state index in [-0.39, 0.29) is 36.1 Å². The molecule has 1 saturated heterocycles. The second-order valence-corrected chi connectivity index (χ2v) is 8.98. The van der Waals surface area contributed by atoms with Crippen LogP contribution in [0.2, 0.25) is 0 Å². The predicted molar refractivity (Wildman–Crippen MR) is 117 cm³/mol. The standard InChI is InChI=1S/C22H28N2O6S/c1-3-12-30-19-7-5-4-6-18(19)23-22(25)16-17-8-9-20(28-2)21(15-17)31(26,27)24-10-13-29-14-11-24/h4-9,15H,3,10-14,16H2,1-2H3,(H,23,25). The number of hydrogen-bond acceptors (Lipinski definition) is 6. The number of hydrogen-bond donors (Lipinski definition) is 1. The molecule has 3 rings (SSSR count). The minimum atomic E-state index is -3.76. The summed E-state index contributed by atoms with van der Waals surface area (Å²) in [6, 6.07) is 12.0. The number of morpholine rings is 1. The molecule has 1 amide bonds. The lowest BCUT2D eigenvalue weighted by molar-refractivity contribution is -0.115. The molecule has 0 unspecified atom stereocenters. The lowest BCUT2D eigenvalue weighted by Crippen LogP contribution is -2.40. The minimum absolute atomic E-state index is 0.0116. The third-order valence-corrected chi connectivity index (χ3v) is 6.72. The number of benzene rings is 2. The van der Waals surface area contributed by atoms with E-state index in [9.17, 15) is 13.2 Å². The number of rotatable bonds is 9. The van der Waals surface area contributed by atoms with Gasteiger partial charge < -0.3 is 19.5 Å². The Balaban J connectivity index is 1.78. The molecular weight excluding hydrogens is 420 g/mol. The van der Waals surface area contributed by atoms with Crippen LogP contribution in [0.1, 0.15) is 18.9 Å². The number of anilines is 1. The molecule has 0 bridgehead atoms. The Morgan fingerprint density at radius 2 is 1.87 bits per heavy atom. The van der Waals surface area contributed by atoms with Gasteiger partial charge in [-0.15, -0.1) is 0 Å². The average Bonchev–Trinajstić information content (AvgIpc) is 2.79. The molecule has 1 N–H and O–H groups in total. The Hall–Kier alpha value is -2.62. The molecule has 0 saturated carbocycles. The molecule has 8 nitrogen and oxygen atoms in total. The molecular formula is C22H28N2O6S. The molecule has 1 fully saturated rings. The summed E-state index contributed by atoms with van der Waals surface area (Å²) in [6.45, 7) is 3.82. The summed E-state index contributed by atoms with van der Waals surface area (Å²) in [6.07, 6.45) is 0.867. The smallest absolute Gasteiger partial charge is 0.246 e. The van der Waals surface area contributed by atoms with Gasteiger partial charge in [-0.25, -0.2) is 8.42 Å². The van der Waals surface area contributed by atoms with Crippen LogP contribution in [0.5, 0.6) is 11.5 Å². The first-order chi connectivity index (χ1) is 15.0. The number of amides is 1. The van der Waals surface area contributed by atoms with Crippen LogP contribution in [-0.4, -0.2) is 58.7 Å². The monoisotopic (exact) mass is 448 g/mol. The molecule has 2 aromatic carbocycles. The zero-order valence-electron chi connectivity index (χ0n) is 17.8. The quantitative estimate of drug-likeness (QED) is 0.634. The van der Waals surface area contributed by atoms with E-state index >= 15 is 0 Å². The fourth-order valence-electron chi connectivity index (χ4n) is 3.25. The summed E-state index contributed by atoms with van der Waals surface area (Å²) in [4.78, 5) is 12.7. The number of carbonyl (C=O) groups excluding carboxylic acids is 1. The Morgan fingerprint density at radius 3 is 2.58 bits per heavy atom. The van der Waals surface area contributed by atoms with Gasteiger partial charge in [0.2, 0.25) is 15.9 Å². The van der Waals surface area contributed by atoms with E-state index in [0.717, 1.165) is 6.42 Å². The van der Waals surface area contributed by atoms with Crippen molar-refractivity contribution in [3.05, 3.63) is 48.0 Å². The van der Waals surface area contributed by atoms with Crippen molar-refractivity contribution < 1.29 is 27.4 Å². The summed E-state index contributed by atoms with van der Waals surface area (Å²) in [5.41, 5.74) is 1.15. The highest BCUT2D eigenvalue weighted by Crippen LogP contribution is 2.29. The lowest BCUT2D eigenvalue weighted by atomic mass is 10.1. The summed E-state index contributed by atoms with van der Waals surface area (Å²) < 4.78 is 43.8. The van der Waals surface area contributed by atoms with Gasteiger partial charge in [-0.1, -0.05) is 25.1 Å². The Labute approximate surface area is 183 Å². The topological polar surface area (TPSA) is 94.2 Å². The molecule has 0 aliphatic carbocycles. The predicted octanol–water partition coefficient (Wildman–Crippen LogP) is 2.69. The first-order valence-corrected chi connectivity index (χ1v) is 11.7. The van der Waals surface area contributed by atoms with Gasteiger partial charge in [0.1, 0.15) is 16.4 Å². The van der Waals surface area contributed by atoms with Gasteiger partial charge in [0, 0.05) is 13.1 Å². The lowest BCUT2D eigenvalue weighted by Gasteiger charge is -2.26. The fourth-order valence-corrected chi connectivity index (χ4v) is 4.86. The van der Waals surface area contributed by atoms with Gasteiger partial charge in [-0.05, 0) is 36.2 Å². The number of para-hydroxylation sites is 2. The Morgan fingerprint density at radius 1 is 1.13 bits per heavy atom. The van der Waals surface area contributed by atoms with Crippen LogP contribution in [0, 0.1) is 0 Å². The normalized spacial score (nSPS) is 14.8. The molecule has 1 aliphatic heterocycles. The second-order valence-electron chi connectivity index (χ2n) is 7.07. The maximum atomic E-state index is 13.1. The maximum Gasteiger partial charge on any atom is 0.246 e. The van der Waals surface area contributed by atoms with E-state index in [1.165, 1.54) is 17.5 Å². The van der Waals surface area contributed by atoms with Gasteiger partial charge in [0.05, 0.1) is 39.0 Å². The zero-order chi connectivity index (χ0) is 22.3. The van der Waals surface area contributed by atoms with Crippen LogP contribution in [-0.2, 0) is 26.0 Å². The molecule has 1 aliphatic rings. The summed E-state index contributed by atoms with van der Waals surface area (Å²) >= 11 is 0. The van der Waals surface area contributed by atoms with E-state index < -0.39 is 10.0 Å².